The van der Waals surface area contributed by atoms with Crippen molar-refractivity contribution in [3.05, 3.63) is 17.0 Å². The van der Waals surface area contributed by atoms with Crippen LogP contribution in [0.1, 0.15) is 44.1 Å². The lowest BCUT2D eigenvalue weighted by atomic mass is 9.48. The van der Waals surface area contributed by atoms with Crippen LogP contribution in [0.3, 0.4) is 0 Å². The van der Waals surface area contributed by atoms with Gasteiger partial charge in [-0.3, -0.25) is 0 Å². The quantitative estimate of drug-likeness (QED) is 0.784. The van der Waals surface area contributed by atoms with E-state index in [1.807, 2.05) is 0 Å². The summed E-state index contributed by atoms with van der Waals surface area (Å²) in [7, 11) is 0. The maximum atomic E-state index is 5.92. The van der Waals surface area contributed by atoms with Gasteiger partial charge in [0.15, 0.2) is 0 Å². The molecule has 0 aromatic carbocycles. The van der Waals surface area contributed by atoms with Gasteiger partial charge in [0.2, 0.25) is 0 Å². The molecule has 86 valence electrons. The van der Waals surface area contributed by atoms with Crippen molar-refractivity contribution < 1.29 is 0 Å². The normalized spacial score (nSPS) is 45.1. The van der Waals surface area contributed by atoms with Crippen molar-refractivity contribution in [2.45, 2.75) is 43.9 Å². The van der Waals surface area contributed by atoms with Gasteiger partial charge in [0.1, 0.15) is 0 Å². The number of hydrogen-bond donors (Lipinski definition) is 1. The van der Waals surface area contributed by atoms with Crippen LogP contribution in [0, 0.1) is 17.8 Å². The number of nitrogen functional groups attached to an aromatic ring is 1. The average Bonchev–Trinajstić information content (AvgIpc) is 2.63. The van der Waals surface area contributed by atoms with Crippen molar-refractivity contribution in [1.29, 1.82) is 0 Å². The molecule has 0 amide bonds. The predicted octanol–water partition coefficient (Wildman–Crippen LogP) is 3.80. The van der Waals surface area contributed by atoms with E-state index >= 15 is 0 Å². The molecule has 0 radical (unpaired) electrons. The van der Waals surface area contributed by atoms with Crippen LogP contribution in [0.5, 0.6) is 0 Å². The molecule has 4 saturated carbocycles. The Morgan fingerprint density at radius 3 is 2.06 bits per heavy atom. The first-order valence-corrected chi connectivity index (χ1v) is 7.46. The minimum Gasteiger partial charge on any atom is -0.391 e. The summed E-state index contributed by atoms with van der Waals surface area (Å²) in [5, 5.41) is 3.34. The molecule has 5 rings (SSSR count). The molecule has 1 aromatic heterocycles. The second-order valence-electron chi connectivity index (χ2n) is 6.44. The zero-order valence-electron chi connectivity index (χ0n) is 9.61. The van der Waals surface area contributed by atoms with E-state index < -0.39 is 0 Å². The van der Waals surface area contributed by atoms with Crippen LogP contribution in [0.4, 0.5) is 5.00 Å². The molecule has 0 spiro atoms. The monoisotopic (exact) mass is 233 g/mol. The molecule has 4 fully saturated rings. The summed E-state index contributed by atoms with van der Waals surface area (Å²) < 4.78 is 0. The number of thiophene rings is 1. The van der Waals surface area contributed by atoms with Gasteiger partial charge >= 0.3 is 0 Å². The second-order valence-corrected chi connectivity index (χ2v) is 7.38. The summed E-state index contributed by atoms with van der Waals surface area (Å²) in [4.78, 5) is 0. The molecule has 16 heavy (non-hydrogen) atoms. The van der Waals surface area contributed by atoms with Crippen molar-refractivity contribution in [3.63, 3.8) is 0 Å². The van der Waals surface area contributed by atoms with Crippen molar-refractivity contribution in [3.8, 4) is 0 Å². The van der Waals surface area contributed by atoms with Gasteiger partial charge in [0.25, 0.3) is 0 Å². The molecule has 4 aliphatic carbocycles. The van der Waals surface area contributed by atoms with Crippen LogP contribution < -0.4 is 5.73 Å². The lowest BCUT2D eigenvalue weighted by Gasteiger charge is -2.56. The van der Waals surface area contributed by atoms with E-state index in [9.17, 15) is 0 Å². The Kier molecular flexibility index (Phi) is 1.81. The van der Waals surface area contributed by atoms with Gasteiger partial charge in [-0.2, -0.15) is 0 Å². The minimum atomic E-state index is 0.545. The predicted molar refractivity (Wildman–Crippen MR) is 68.6 cm³/mol. The van der Waals surface area contributed by atoms with E-state index in [1.54, 1.807) is 16.9 Å². The van der Waals surface area contributed by atoms with Crippen LogP contribution in [0.2, 0.25) is 0 Å². The van der Waals surface area contributed by atoms with Crippen LogP contribution in [0.15, 0.2) is 11.4 Å². The lowest BCUT2D eigenvalue weighted by molar-refractivity contribution is -0.00497. The Hall–Kier alpha value is -0.500. The number of anilines is 1. The van der Waals surface area contributed by atoms with Crippen LogP contribution in [-0.2, 0) is 5.41 Å². The zero-order valence-corrected chi connectivity index (χ0v) is 10.4. The summed E-state index contributed by atoms with van der Waals surface area (Å²) in [6.07, 6.45) is 8.94. The summed E-state index contributed by atoms with van der Waals surface area (Å²) >= 11 is 1.73. The second kappa shape index (κ2) is 3.04. The van der Waals surface area contributed by atoms with E-state index in [0.717, 1.165) is 22.8 Å². The van der Waals surface area contributed by atoms with Crippen LogP contribution in [0.25, 0.3) is 0 Å². The van der Waals surface area contributed by atoms with Crippen molar-refractivity contribution in [1.82, 2.24) is 0 Å². The molecular weight excluding hydrogens is 214 g/mol. The third-order valence-electron chi connectivity index (χ3n) is 5.27. The van der Waals surface area contributed by atoms with E-state index in [4.69, 9.17) is 5.73 Å². The number of nitrogens with two attached hydrogens (primary N) is 1. The molecule has 1 heterocycles. The van der Waals surface area contributed by atoms with E-state index in [1.165, 1.54) is 38.5 Å². The highest BCUT2D eigenvalue weighted by Crippen LogP contribution is 2.61. The first-order chi connectivity index (χ1) is 7.73. The third-order valence-corrected chi connectivity index (χ3v) is 6.03. The van der Waals surface area contributed by atoms with Crippen LogP contribution >= 0.6 is 11.3 Å². The van der Waals surface area contributed by atoms with E-state index in [0.29, 0.717) is 5.41 Å². The fourth-order valence-corrected chi connectivity index (χ4v) is 5.87. The van der Waals surface area contributed by atoms with E-state index in [-0.39, 0.29) is 0 Å². The molecule has 0 aliphatic heterocycles. The Bertz CT molecular complexity index is 385. The molecule has 0 atom stereocenters. The first kappa shape index (κ1) is 9.52. The van der Waals surface area contributed by atoms with Crippen molar-refractivity contribution in [2.24, 2.45) is 17.8 Å². The topological polar surface area (TPSA) is 26.0 Å². The highest BCUT2D eigenvalue weighted by atomic mass is 32.1. The molecule has 2 N–H and O–H groups in total. The van der Waals surface area contributed by atoms with Crippen LogP contribution in [-0.4, -0.2) is 0 Å². The summed E-state index contributed by atoms with van der Waals surface area (Å²) in [6, 6.07) is 2.26. The average molecular weight is 233 g/mol. The largest absolute Gasteiger partial charge is 0.391 e. The molecule has 4 bridgehead atoms. The molecule has 0 saturated heterocycles. The fourth-order valence-electron chi connectivity index (χ4n) is 5.10. The fraction of sp³-hybridized carbons (Fsp3) is 0.714. The Labute approximate surface area is 101 Å². The number of hydrogen-bond acceptors (Lipinski definition) is 2. The molecule has 2 heteroatoms. The standard InChI is InChI=1S/C14H19NS/c15-13-4-12(8-16-13)14-5-9-1-10(6-14)3-11(2-9)7-14/h4,8-11H,1-3,5-7,15H2. The van der Waals surface area contributed by atoms with Gasteiger partial charge in [-0.05, 0) is 78.7 Å². The summed E-state index contributed by atoms with van der Waals surface area (Å²) in [6.45, 7) is 0. The highest BCUT2D eigenvalue weighted by Gasteiger charge is 2.51. The number of rotatable bonds is 1. The SMILES string of the molecule is Nc1cc(C23CC4CC(CC(C4)C2)C3)cs1. The van der Waals surface area contributed by atoms with Gasteiger partial charge in [-0.25, -0.2) is 0 Å². The third kappa shape index (κ3) is 1.22. The Morgan fingerprint density at radius 2 is 1.62 bits per heavy atom. The Balaban J connectivity index is 1.76. The van der Waals surface area contributed by atoms with Gasteiger partial charge in [0, 0.05) is 0 Å². The summed E-state index contributed by atoms with van der Waals surface area (Å²) in [5.74, 6) is 3.10. The molecule has 1 aromatic rings. The minimum absolute atomic E-state index is 0.545. The Morgan fingerprint density at radius 1 is 1.06 bits per heavy atom. The molecule has 1 nitrogen and oxygen atoms in total. The first-order valence-electron chi connectivity index (χ1n) is 6.58. The molecular formula is C14H19NS. The van der Waals surface area contributed by atoms with Gasteiger partial charge in [-0.15, -0.1) is 11.3 Å². The lowest BCUT2D eigenvalue weighted by Crippen LogP contribution is -2.48. The molecule has 0 unspecified atom stereocenters. The smallest absolute Gasteiger partial charge is 0.0859 e. The van der Waals surface area contributed by atoms with Crippen molar-refractivity contribution in [2.75, 3.05) is 5.73 Å². The maximum Gasteiger partial charge on any atom is 0.0859 e. The van der Waals surface area contributed by atoms with E-state index in [2.05, 4.69) is 11.4 Å². The summed E-state index contributed by atoms with van der Waals surface area (Å²) in [5.41, 5.74) is 8.04. The zero-order chi connectivity index (χ0) is 10.8. The van der Waals surface area contributed by atoms with Crippen molar-refractivity contribution >= 4 is 16.3 Å². The highest BCUT2D eigenvalue weighted by molar-refractivity contribution is 7.14. The maximum absolute atomic E-state index is 5.92. The van der Waals surface area contributed by atoms with Gasteiger partial charge < -0.3 is 5.73 Å². The van der Waals surface area contributed by atoms with Gasteiger partial charge in [-0.1, -0.05) is 0 Å². The van der Waals surface area contributed by atoms with Gasteiger partial charge in [0.05, 0.1) is 5.00 Å². The molecule has 4 aliphatic rings.